The summed E-state index contributed by atoms with van der Waals surface area (Å²) in [5.41, 5.74) is 0. The first-order valence-electron chi connectivity index (χ1n) is 8.38. The first-order valence-corrected chi connectivity index (χ1v) is 8.38. The lowest BCUT2D eigenvalue weighted by Gasteiger charge is -2.26. The Labute approximate surface area is 118 Å². The molecule has 1 unspecified atom stereocenters. The van der Waals surface area contributed by atoms with Crippen LogP contribution >= 0.6 is 0 Å². The molecule has 0 heterocycles. The van der Waals surface area contributed by atoms with Crippen molar-refractivity contribution in [1.82, 2.24) is 0 Å². The highest BCUT2D eigenvalue weighted by Gasteiger charge is 2.17. The highest BCUT2D eigenvalue weighted by Crippen LogP contribution is 2.29. The van der Waals surface area contributed by atoms with Crippen molar-refractivity contribution >= 4 is 7.85 Å². The van der Waals surface area contributed by atoms with Crippen molar-refractivity contribution in [3.05, 3.63) is 0 Å². The van der Waals surface area contributed by atoms with Crippen molar-refractivity contribution in [2.45, 2.75) is 85.9 Å². The maximum absolute atomic E-state index is 2.45. The SMILES string of the molecule is B[C@H](CCCC[C@H](C)CC)C[C@@H](C)C(C)C(C)C. The second-order valence-electron chi connectivity index (χ2n) is 7.22. The molecule has 0 aromatic carbocycles. The molecule has 0 spiro atoms. The van der Waals surface area contributed by atoms with Crippen molar-refractivity contribution < 1.29 is 0 Å². The molecule has 108 valence electrons. The smallest absolute Gasteiger partial charge is 0.0695 e. The van der Waals surface area contributed by atoms with E-state index in [1.165, 1.54) is 38.5 Å². The predicted molar refractivity (Wildman–Crippen MR) is 88.0 cm³/mol. The van der Waals surface area contributed by atoms with E-state index in [1.54, 1.807) is 0 Å². The second kappa shape index (κ2) is 9.93. The zero-order valence-electron chi connectivity index (χ0n) is 14.1. The minimum Gasteiger partial charge on any atom is -0.0695 e. The van der Waals surface area contributed by atoms with E-state index in [0.29, 0.717) is 0 Å². The van der Waals surface area contributed by atoms with Gasteiger partial charge in [-0.3, -0.25) is 0 Å². The minimum atomic E-state index is 0.831. The third-order valence-electron chi connectivity index (χ3n) is 5.06. The molecular weight excluding hydrogens is 215 g/mol. The maximum Gasteiger partial charge on any atom is 0.105 e. The quantitative estimate of drug-likeness (QED) is 0.364. The van der Waals surface area contributed by atoms with Gasteiger partial charge in [0.05, 0.1) is 0 Å². The lowest BCUT2D eigenvalue weighted by molar-refractivity contribution is 0.275. The zero-order chi connectivity index (χ0) is 14.1. The first-order chi connectivity index (χ1) is 8.38. The number of hydrogen-bond donors (Lipinski definition) is 0. The summed E-state index contributed by atoms with van der Waals surface area (Å²) in [6.07, 6.45) is 8.51. The molecule has 0 aliphatic heterocycles. The molecule has 0 aliphatic carbocycles. The van der Waals surface area contributed by atoms with Crippen LogP contribution in [0.2, 0.25) is 5.82 Å². The molecule has 0 saturated carbocycles. The summed E-state index contributed by atoms with van der Waals surface area (Å²) in [6, 6.07) is 0. The van der Waals surface area contributed by atoms with Crippen LogP contribution in [-0.4, -0.2) is 7.85 Å². The Morgan fingerprint density at radius 2 is 1.44 bits per heavy atom. The lowest BCUT2D eigenvalue weighted by Crippen LogP contribution is -2.16. The fraction of sp³-hybridized carbons (Fsp3) is 1.00. The van der Waals surface area contributed by atoms with Gasteiger partial charge < -0.3 is 0 Å². The molecule has 0 nitrogen and oxygen atoms in total. The Kier molecular flexibility index (Phi) is 9.96. The number of hydrogen-bond acceptors (Lipinski definition) is 0. The van der Waals surface area contributed by atoms with E-state index in [2.05, 4.69) is 49.4 Å². The third kappa shape index (κ3) is 8.22. The second-order valence-corrected chi connectivity index (χ2v) is 7.22. The fourth-order valence-corrected chi connectivity index (χ4v) is 2.81. The highest BCUT2D eigenvalue weighted by molar-refractivity contribution is 6.11. The van der Waals surface area contributed by atoms with Crippen LogP contribution in [0.1, 0.15) is 80.1 Å². The van der Waals surface area contributed by atoms with Gasteiger partial charge in [0.25, 0.3) is 0 Å². The third-order valence-corrected chi connectivity index (χ3v) is 5.06. The molecule has 18 heavy (non-hydrogen) atoms. The topological polar surface area (TPSA) is 0 Å². The highest BCUT2D eigenvalue weighted by atomic mass is 14.2. The van der Waals surface area contributed by atoms with E-state index in [1.807, 2.05) is 0 Å². The van der Waals surface area contributed by atoms with Crippen LogP contribution in [0.25, 0.3) is 0 Å². The van der Waals surface area contributed by atoms with Gasteiger partial charge in [-0.25, -0.2) is 0 Å². The average Bonchev–Trinajstić information content (AvgIpc) is 2.32. The van der Waals surface area contributed by atoms with E-state index in [4.69, 9.17) is 0 Å². The molecule has 0 saturated heterocycles. The first kappa shape index (κ1) is 18.1. The molecular formula is C17H37B. The molecule has 1 heteroatoms. The van der Waals surface area contributed by atoms with E-state index in [-0.39, 0.29) is 0 Å². The van der Waals surface area contributed by atoms with Gasteiger partial charge in [-0.1, -0.05) is 85.9 Å². The number of unbranched alkanes of at least 4 members (excludes halogenated alkanes) is 1. The average molecular weight is 252 g/mol. The summed E-state index contributed by atoms with van der Waals surface area (Å²) >= 11 is 0. The molecule has 0 amide bonds. The van der Waals surface area contributed by atoms with Gasteiger partial charge >= 0.3 is 0 Å². The summed E-state index contributed by atoms with van der Waals surface area (Å²) < 4.78 is 0. The number of rotatable bonds is 10. The molecule has 0 bridgehead atoms. The molecule has 0 N–H and O–H groups in total. The van der Waals surface area contributed by atoms with Crippen molar-refractivity contribution in [2.75, 3.05) is 0 Å². The van der Waals surface area contributed by atoms with E-state index < -0.39 is 0 Å². The zero-order valence-corrected chi connectivity index (χ0v) is 14.1. The van der Waals surface area contributed by atoms with Crippen molar-refractivity contribution in [1.29, 1.82) is 0 Å². The normalized spacial score (nSPS) is 18.6. The monoisotopic (exact) mass is 252 g/mol. The van der Waals surface area contributed by atoms with Crippen LogP contribution in [-0.2, 0) is 0 Å². The van der Waals surface area contributed by atoms with Crippen molar-refractivity contribution in [3.8, 4) is 0 Å². The van der Waals surface area contributed by atoms with Gasteiger partial charge in [0.1, 0.15) is 7.85 Å². The minimum absolute atomic E-state index is 0.831. The van der Waals surface area contributed by atoms with Gasteiger partial charge in [0, 0.05) is 0 Å². The Bertz CT molecular complexity index is 188. The van der Waals surface area contributed by atoms with Crippen molar-refractivity contribution in [2.24, 2.45) is 23.7 Å². The van der Waals surface area contributed by atoms with Crippen molar-refractivity contribution in [3.63, 3.8) is 0 Å². The molecule has 0 radical (unpaired) electrons. The Balaban J connectivity index is 3.67. The summed E-state index contributed by atoms with van der Waals surface area (Å²) in [5, 5.41) is 0. The van der Waals surface area contributed by atoms with Crippen LogP contribution < -0.4 is 0 Å². The maximum atomic E-state index is 2.45. The molecule has 0 aliphatic rings. The van der Waals surface area contributed by atoms with Crippen LogP contribution in [0.15, 0.2) is 0 Å². The fourth-order valence-electron chi connectivity index (χ4n) is 2.81. The Hall–Kier alpha value is 0.0649. The largest absolute Gasteiger partial charge is 0.105 e. The Morgan fingerprint density at radius 3 is 1.94 bits per heavy atom. The molecule has 4 atom stereocenters. The van der Waals surface area contributed by atoms with E-state index >= 15 is 0 Å². The lowest BCUT2D eigenvalue weighted by atomic mass is 9.72. The van der Waals surface area contributed by atoms with Crippen LogP contribution in [0.3, 0.4) is 0 Å². The predicted octanol–water partition coefficient (Wildman–Crippen LogP) is 5.33. The van der Waals surface area contributed by atoms with E-state index in [9.17, 15) is 0 Å². The van der Waals surface area contributed by atoms with Gasteiger partial charge in [-0.15, -0.1) is 0 Å². The van der Waals surface area contributed by atoms with Gasteiger partial charge in [-0.05, 0) is 23.7 Å². The summed E-state index contributed by atoms with van der Waals surface area (Å²) in [6.45, 7) is 14.3. The molecule has 0 fully saturated rings. The van der Waals surface area contributed by atoms with Crippen LogP contribution in [0.5, 0.6) is 0 Å². The van der Waals surface area contributed by atoms with Gasteiger partial charge in [0.15, 0.2) is 0 Å². The van der Waals surface area contributed by atoms with Crippen LogP contribution in [0.4, 0.5) is 0 Å². The van der Waals surface area contributed by atoms with Gasteiger partial charge in [0.2, 0.25) is 0 Å². The summed E-state index contributed by atoms with van der Waals surface area (Å²) in [7, 11) is 2.45. The molecule has 0 rings (SSSR count). The Morgan fingerprint density at radius 1 is 0.889 bits per heavy atom. The van der Waals surface area contributed by atoms with Gasteiger partial charge in [-0.2, -0.15) is 0 Å². The summed E-state index contributed by atoms with van der Waals surface area (Å²) in [5.74, 6) is 4.43. The summed E-state index contributed by atoms with van der Waals surface area (Å²) in [4.78, 5) is 0. The standard InChI is InChI=1S/C17H37B/c1-7-14(4)10-8-9-11-17(18)12-15(5)16(6)13(2)3/h13-17H,7-12,18H2,1-6H3/t14-,15-,16?,17-/m1/s1. The van der Waals surface area contributed by atoms with Crippen LogP contribution in [0, 0.1) is 23.7 Å². The van der Waals surface area contributed by atoms with E-state index in [0.717, 1.165) is 29.5 Å². The molecule has 0 aromatic rings. The molecule has 0 aromatic heterocycles.